The van der Waals surface area contributed by atoms with Crippen LogP contribution in [0, 0.1) is 5.92 Å². The van der Waals surface area contributed by atoms with Gasteiger partial charge in [0.25, 0.3) is 0 Å². The Morgan fingerprint density at radius 3 is 2.62 bits per heavy atom. The van der Waals surface area contributed by atoms with Crippen molar-refractivity contribution in [2.45, 2.75) is 36.3 Å². The number of halogens is 3. The van der Waals surface area contributed by atoms with Crippen molar-refractivity contribution in [1.29, 1.82) is 0 Å². The van der Waals surface area contributed by atoms with E-state index in [2.05, 4.69) is 12.2 Å². The third kappa shape index (κ3) is 5.20. The maximum Gasteiger partial charge on any atom is 0.446 e. The van der Waals surface area contributed by atoms with Gasteiger partial charge in [0.05, 0.1) is 6.10 Å². The molecule has 0 radical (unpaired) electrons. The van der Waals surface area contributed by atoms with Crippen molar-refractivity contribution in [2.75, 3.05) is 19.7 Å². The summed E-state index contributed by atoms with van der Waals surface area (Å²) in [4.78, 5) is 0.213. The van der Waals surface area contributed by atoms with E-state index >= 15 is 0 Å². The van der Waals surface area contributed by atoms with Crippen molar-refractivity contribution in [3.63, 3.8) is 0 Å². The molecule has 1 heterocycles. The van der Waals surface area contributed by atoms with Crippen molar-refractivity contribution in [1.82, 2.24) is 5.32 Å². The Labute approximate surface area is 127 Å². The van der Waals surface area contributed by atoms with E-state index in [9.17, 15) is 13.2 Å². The number of thioether (sulfide) groups is 1. The quantitative estimate of drug-likeness (QED) is 0.814. The summed E-state index contributed by atoms with van der Waals surface area (Å²) >= 11 is -0.0824. The van der Waals surface area contributed by atoms with Crippen LogP contribution in [0.1, 0.15) is 31.4 Å². The van der Waals surface area contributed by atoms with Crippen LogP contribution in [-0.2, 0) is 4.74 Å². The first-order valence-corrected chi connectivity index (χ1v) is 7.99. The lowest BCUT2D eigenvalue weighted by molar-refractivity contribution is -0.0328. The normalized spacial score (nSPS) is 23.2. The number of hydrogen-bond donors (Lipinski definition) is 1. The number of hydrogen-bond acceptors (Lipinski definition) is 3. The zero-order chi connectivity index (χ0) is 15.3. The molecule has 1 aromatic carbocycles. The van der Waals surface area contributed by atoms with Gasteiger partial charge in [-0.2, -0.15) is 13.2 Å². The molecule has 1 aliphatic heterocycles. The molecule has 6 heteroatoms. The molecule has 0 saturated carbocycles. The number of alkyl halides is 3. The SMILES string of the molecule is CCNCC1CCCOC1c1ccc(SC(F)(F)F)cc1. The summed E-state index contributed by atoms with van der Waals surface area (Å²) in [5.41, 5.74) is -3.28. The summed E-state index contributed by atoms with van der Waals surface area (Å²) in [6, 6.07) is 6.55. The fraction of sp³-hybridized carbons (Fsp3) is 0.600. The topological polar surface area (TPSA) is 21.3 Å². The zero-order valence-electron chi connectivity index (χ0n) is 12.0. The van der Waals surface area contributed by atoms with Crippen molar-refractivity contribution in [2.24, 2.45) is 5.92 Å². The first-order chi connectivity index (χ1) is 9.99. The number of benzene rings is 1. The predicted molar refractivity (Wildman–Crippen MR) is 78.3 cm³/mol. The van der Waals surface area contributed by atoms with Crippen molar-refractivity contribution >= 4 is 11.8 Å². The Morgan fingerprint density at radius 2 is 2.00 bits per heavy atom. The van der Waals surface area contributed by atoms with Gasteiger partial charge >= 0.3 is 5.51 Å². The van der Waals surface area contributed by atoms with E-state index in [-0.39, 0.29) is 22.8 Å². The summed E-state index contributed by atoms with van der Waals surface area (Å²) in [7, 11) is 0. The molecule has 118 valence electrons. The standard InChI is InChI=1S/C15H20F3NOS/c1-2-19-10-12-4-3-9-20-14(12)11-5-7-13(8-6-11)21-15(16,17)18/h5-8,12,14,19H,2-4,9-10H2,1H3. The molecule has 2 nitrogen and oxygen atoms in total. The lowest BCUT2D eigenvalue weighted by Gasteiger charge is -2.32. The van der Waals surface area contributed by atoms with Crippen LogP contribution in [0.5, 0.6) is 0 Å². The molecule has 0 aromatic heterocycles. The van der Waals surface area contributed by atoms with Crippen LogP contribution in [-0.4, -0.2) is 25.2 Å². The van der Waals surface area contributed by atoms with Crippen LogP contribution >= 0.6 is 11.8 Å². The van der Waals surface area contributed by atoms with Gasteiger partial charge in [-0.05, 0) is 48.8 Å². The molecule has 0 bridgehead atoms. The van der Waals surface area contributed by atoms with Gasteiger partial charge in [0.15, 0.2) is 0 Å². The first kappa shape index (κ1) is 16.6. The monoisotopic (exact) mass is 319 g/mol. The van der Waals surface area contributed by atoms with Gasteiger partial charge in [0, 0.05) is 24.0 Å². The van der Waals surface area contributed by atoms with Gasteiger partial charge in [0.1, 0.15) is 0 Å². The van der Waals surface area contributed by atoms with Gasteiger partial charge < -0.3 is 10.1 Å². The molecular formula is C15H20F3NOS. The Morgan fingerprint density at radius 1 is 1.29 bits per heavy atom. The average Bonchev–Trinajstić information content (AvgIpc) is 2.45. The van der Waals surface area contributed by atoms with Gasteiger partial charge in [-0.15, -0.1) is 0 Å². The van der Waals surface area contributed by atoms with Crippen LogP contribution in [0.2, 0.25) is 0 Å². The second kappa shape index (κ2) is 7.51. The molecule has 2 unspecified atom stereocenters. The Hall–Kier alpha value is -0.720. The zero-order valence-corrected chi connectivity index (χ0v) is 12.8. The highest BCUT2D eigenvalue weighted by Crippen LogP contribution is 2.38. The maximum atomic E-state index is 12.3. The molecule has 1 fully saturated rings. The summed E-state index contributed by atoms with van der Waals surface area (Å²) < 4.78 is 42.8. The number of ether oxygens (including phenoxy) is 1. The summed E-state index contributed by atoms with van der Waals surface area (Å²) in [5, 5.41) is 3.33. The minimum atomic E-state index is -4.24. The molecule has 0 aliphatic carbocycles. The second-order valence-electron chi connectivity index (χ2n) is 5.12. The number of nitrogens with one attached hydrogen (secondary N) is 1. The Balaban J connectivity index is 2.05. The Kier molecular flexibility index (Phi) is 5.96. The highest BCUT2D eigenvalue weighted by Gasteiger charge is 2.30. The average molecular weight is 319 g/mol. The fourth-order valence-corrected chi connectivity index (χ4v) is 3.15. The lowest BCUT2D eigenvalue weighted by Crippen LogP contribution is -2.31. The van der Waals surface area contributed by atoms with E-state index in [1.165, 1.54) is 12.1 Å². The minimum absolute atomic E-state index is 0.0252. The number of rotatable bonds is 5. The first-order valence-electron chi connectivity index (χ1n) is 7.17. The summed E-state index contributed by atoms with van der Waals surface area (Å²) in [5.74, 6) is 0.375. The molecule has 1 saturated heterocycles. The third-order valence-electron chi connectivity index (χ3n) is 3.54. The molecule has 1 N–H and O–H groups in total. The highest BCUT2D eigenvalue weighted by molar-refractivity contribution is 8.00. The highest BCUT2D eigenvalue weighted by atomic mass is 32.2. The van der Waals surface area contributed by atoms with E-state index in [4.69, 9.17) is 4.74 Å². The largest absolute Gasteiger partial charge is 0.446 e. The van der Waals surface area contributed by atoms with Crippen LogP contribution in [0.15, 0.2) is 29.2 Å². The van der Waals surface area contributed by atoms with Gasteiger partial charge in [-0.3, -0.25) is 0 Å². The minimum Gasteiger partial charge on any atom is -0.373 e. The molecule has 1 aliphatic rings. The molecule has 0 amide bonds. The molecular weight excluding hydrogens is 299 g/mol. The molecule has 2 rings (SSSR count). The van der Waals surface area contributed by atoms with Gasteiger partial charge in [-0.25, -0.2) is 0 Å². The van der Waals surface area contributed by atoms with Crippen LogP contribution < -0.4 is 5.32 Å². The Bertz CT molecular complexity index is 436. The predicted octanol–water partition coefficient (Wildman–Crippen LogP) is 4.38. The maximum absolute atomic E-state index is 12.3. The van der Waals surface area contributed by atoms with Crippen LogP contribution in [0.25, 0.3) is 0 Å². The van der Waals surface area contributed by atoms with Crippen molar-refractivity contribution in [3.8, 4) is 0 Å². The third-order valence-corrected chi connectivity index (χ3v) is 4.28. The summed E-state index contributed by atoms with van der Waals surface area (Å²) in [6.45, 7) is 4.55. The van der Waals surface area contributed by atoms with Crippen LogP contribution in [0.4, 0.5) is 13.2 Å². The van der Waals surface area contributed by atoms with E-state index in [0.717, 1.165) is 31.5 Å². The van der Waals surface area contributed by atoms with Crippen molar-refractivity contribution < 1.29 is 17.9 Å². The van der Waals surface area contributed by atoms with E-state index < -0.39 is 5.51 Å². The summed E-state index contributed by atoms with van der Waals surface area (Å²) in [6.07, 6.45) is 2.09. The van der Waals surface area contributed by atoms with E-state index in [0.29, 0.717) is 12.5 Å². The van der Waals surface area contributed by atoms with E-state index in [1.807, 2.05) is 0 Å². The lowest BCUT2D eigenvalue weighted by atomic mass is 9.89. The van der Waals surface area contributed by atoms with E-state index in [1.54, 1.807) is 12.1 Å². The smallest absolute Gasteiger partial charge is 0.373 e. The van der Waals surface area contributed by atoms with Gasteiger partial charge in [-0.1, -0.05) is 19.1 Å². The molecule has 2 atom stereocenters. The van der Waals surface area contributed by atoms with Crippen molar-refractivity contribution in [3.05, 3.63) is 29.8 Å². The molecule has 0 spiro atoms. The van der Waals surface area contributed by atoms with Crippen LogP contribution in [0.3, 0.4) is 0 Å². The van der Waals surface area contributed by atoms with Gasteiger partial charge in [0.2, 0.25) is 0 Å². The molecule has 1 aromatic rings. The molecule has 21 heavy (non-hydrogen) atoms. The fourth-order valence-electron chi connectivity index (χ4n) is 2.61. The second-order valence-corrected chi connectivity index (χ2v) is 6.26.